The highest BCUT2D eigenvalue weighted by atomic mass is 19.1. The van der Waals surface area contributed by atoms with Gasteiger partial charge in [0.25, 0.3) is 0 Å². The molecule has 4 aromatic carbocycles. The molecule has 2 aromatic heterocycles. The molecule has 2 N–H and O–H groups in total. The molecule has 0 bridgehead atoms. The molecule has 2 fully saturated rings. The molecule has 10 rings (SSSR count). The number of ketones is 1. The van der Waals surface area contributed by atoms with Crippen LogP contribution in [0.5, 0.6) is 0 Å². The Labute approximate surface area is 374 Å². The van der Waals surface area contributed by atoms with Crippen molar-refractivity contribution in [3.8, 4) is 22.3 Å². The molecule has 4 unspecified atom stereocenters. The van der Waals surface area contributed by atoms with Crippen molar-refractivity contribution >= 4 is 17.2 Å². The van der Waals surface area contributed by atoms with Crippen LogP contribution in [0.1, 0.15) is 129 Å². The predicted molar refractivity (Wildman–Crippen MR) is 249 cm³/mol. The van der Waals surface area contributed by atoms with Crippen LogP contribution in [0.3, 0.4) is 0 Å². The van der Waals surface area contributed by atoms with Gasteiger partial charge in [-0.05, 0) is 104 Å². The summed E-state index contributed by atoms with van der Waals surface area (Å²) in [5.74, 6) is -1.66. The van der Waals surface area contributed by atoms with E-state index in [-0.39, 0.29) is 22.2 Å². The van der Waals surface area contributed by atoms with Crippen molar-refractivity contribution in [2.45, 2.75) is 101 Å². The Morgan fingerprint density at radius 2 is 1.02 bits per heavy atom. The summed E-state index contributed by atoms with van der Waals surface area (Å²) in [4.78, 5) is 27.6. The van der Waals surface area contributed by atoms with Gasteiger partial charge in [0.2, 0.25) is 5.78 Å². The van der Waals surface area contributed by atoms with E-state index in [1.807, 2.05) is 21.9 Å². The van der Waals surface area contributed by atoms with Crippen LogP contribution < -0.4 is 9.80 Å². The number of benzene rings is 4. The lowest BCUT2D eigenvalue weighted by Gasteiger charge is -2.28. The second-order valence-corrected chi connectivity index (χ2v) is 20.9. The van der Waals surface area contributed by atoms with Gasteiger partial charge < -0.3 is 20.0 Å². The summed E-state index contributed by atoms with van der Waals surface area (Å²) in [6, 6.07) is 32.4. The maximum Gasteiger partial charge on any atom is 0.233 e. The second-order valence-electron chi connectivity index (χ2n) is 20.9. The first-order valence-electron chi connectivity index (χ1n) is 22.7. The summed E-state index contributed by atoms with van der Waals surface area (Å²) in [6.45, 7) is 15.2. The van der Waals surface area contributed by atoms with Gasteiger partial charge in [-0.15, -0.1) is 0 Å². The molecular formula is C55H56F2N4O3. The Bertz CT molecular complexity index is 2660. The van der Waals surface area contributed by atoms with Gasteiger partial charge in [0.15, 0.2) is 0 Å². The van der Waals surface area contributed by atoms with Crippen molar-refractivity contribution in [2.75, 3.05) is 36.0 Å². The first-order chi connectivity index (χ1) is 30.4. The molecule has 2 aliphatic heterocycles. The lowest BCUT2D eigenvalue weighted by molar-refractivity contribution is 0.103. The minimum absolute atomic E-state index is 0.0466. The SMILES string of the molecule is CC(C)(C)c1ccccc1-c1ccc2c(c1)C(O)CC21CCN(c2cc(F)cnc2C(=O)c2ncc(F)cc2N2CCC3(CC(O)c4cc(-c5ccccc5C(C)(C)C)ccc43)C2)C1. The number of fused-ring (bicyclic) bond motifs is 4. The average molecular weight is 859 g/mol. The molecule has 4 atom stereocenters. The average Bonchev–Trinajstić information content (AvgIpc) is 4.03. The van der Waals surface area contributed by atoms with Crippen LogP contribution in [0, 0.1) is 11.6 Å². The topological polar surface area (TPSA) is 89.8 Å². The van der Waals surface area contributed by atoms with E-state index in [0.29, 0.717) is 63.2 Å². The number of nitrogens with zero attached hydrogens (tertiary/aromatic N) is 4. The third-order valence-corrected chi connectivity index (χ3v) is 14.7. The number of pyridine rings is 2. The highest BCUT2D eigenvalue weighted by Gasteiger charge is 2.50. The third kappa shape index (κ3) is 7.03. The smallest absolute Gasteiger partial charge is 0.233 e. The van der Waals surface area contributed by atoms with E-state index in [0.717, 1.165) is 56.9 Å². The van der Waals surface area contributed by atoms with Gasteiger partial charge in [-0.2, -0.15) is 0 Å². The Kier molecular flexibility index (Phi) is 10.00. The number of hydrogen-bond acceptors (Lipinski definition) is 7. The largest absolute Gasteiger partial charge is 0.388 e. The molecule has 7 nitrogen and oxygen atoms in total. The fourth-order valence-corrected chi connectivity index (χ4v) is 11.7. The summed E-state index contributed by atoms with van der Waals surface area (Å²) in [5.41, 5.74) is 10.7. The molecule has 6 aromatic rings. The molecular weight excluding hydrogens is 803 g/mol. The Hall–Kier alpha value is -5.77. The van der Waals surface area contributed by atoms with Crippen LogP contribution in [0.15, 0.2) is 109 Å². The number of aliphatic hydroxyl groups is 2. The molecule has 2 aliphatic carbocycles. The number of rotatable bonds is 6. The lowest BCUT2D eigenvalue weighted by Crippen LogP contribution is -2.31. The third-order valence-electron chi connectivity index (χ3n) is 14.7. The normalized spacial score (nSPS) is 22.8. The first-order valence-corrected chi connectivity index (χ1v) is 22.7. The molecule has 0 amide bonds. The maximum atomic E-state index is 15.2. The van der Waals surface area contributed by atoms with Crippen LogP contribution in [0.25, 0.3) is 22.3 Å². The molecule has 9 heteroatoms. The first kappa shape index (κ1) is 42.2. The highest BCUT2D eigenvalue weighted by molar-refractivity contribution is 6.13. The van der Waals surface area contributed by atoms with E-state index in [2.05, 4.69) is 124 Å². The van der Waals surface area contributed by atoms with Gasteiger partial charge >= 0.3 is 0 Å². The van der Waals surface area contributed by atoms with Crippen LogP contribution >= 0.6 is 0 Å². The van der Waals surface area contributed by atoms with Crippen molar-refractivity contribution in [3.63, 3.8) is 0 Å². The van der Waals surface area contributed by atoms with E-state index in [9.17, 15) is 15.0 Å². The zero-order valence-electron chi connectivity index (χ0n) is 37.6. The minimum atomic E-state index is -0.668. The van der Waals surface area contributed by atoms with Crippen molar-refractivity contribution in [3.05, 3.63) is 166 Å². The van der Waals surface area contributed by atoms with Crippen LogP contribution in [0.2, 0.25) is 0 Å². The number of aromatic nitrogens is 2. The molecule has 2 saturated heterocycles. The molecule has 4 heterocycles. The number of aliphatic hydroxyl groups excluding tert-OH is 2. The van der Waals surface area contributed by atoms with Crippen molar-refractivity contribution in [1.29, 1.82) is 0 Å². The van der Waals surface area contributed by atoms with Gasteiger partial charge in [0.1, 0.15) is 23.0 Å². The van der Waals surface area contributed by atoms with Crippen LogP contribution in [-0.2, 0) is 21.7 Å². The van der Waals surface area contributed by atoms with Gasteiger partial charge in [-0.25, -0.2) is 18.7 Å². The zero-order chi connectivity index (χ0) is 44.9. The molecule has 2 spiro atoms. The van der Waals surface area contributed by atoms with Gasteiger partial charge in [0.05, 0.1) is 36.0 Å². The van der Waals surface area contributed by atoms with Crippen molar-refractivity contribution in [1.82, 2.24) is 9.97 Å². The fourth-order valence-electron chi connectivity index (χ4n) is 11.7. The van der Waals surface area contributed by atoms with E-state index >= 15 is 8.78 Å². The van der Waals surface area contributed by atoms with Gasteiger partial charge in [-0.1, -0.05) is 114 Å². The maximum absolute atomic E-state index is 15.2. The number of carbonyl (C=O) groups excluding carboxylic acids is 1. The Morgan fingerprint density at radius 1 is 0.609 bits per heavy atom. The monoisotopic (exact) mass is 858 g/mol. The summed E-state index contributed by atoms with van der Waals surface area (Å²) in [5, 5.41) is 23.2. The summed E-state index contributed by atoms with van der Waals surface area (Å²) in [6.07, 6.45) is 3.19. The zero-order valence-corrected chi connectivity index (χ0v) is 37.6. The Balaban J connectivity index is 0.936. The molecule has 64 heavy (non-hydrogen) atoms. The summed E-state index contributed by atoms with van der Waals surface area (Å²) < 4.78 is 30.4. The van der Waals surface area contributed by atoms with Gasteiger partial charge in [0, 0.05) is 49.1 Å². The lowest BCUT2D eigenvalue weighted by atomic mass is 9.79. The Morgan fingerprint density at radius 3 is 1.42 bits per heavy atom. The van der Waals surface area contributed by atoms with E-state index in [1.54, 1.807) is 0 Å². The highest BCUT2D eigenvalue weighted by Crippen LogP contribution is 2.54. The predicted octanol–water partition coefficient (Wildman–Crippen LogP) is 11.1. The van der Waals surface area contributed by atoms with E-state index in [4.69, 9.17) is 0 Å². The van der Waals surface area contributed by atoms with Crippen LogP contribution in [-0.4, -0.2) is 52.1 Å². The van der Waals surface area contributed by atoms with Crippen molar-refractivity contribution in [2.24, 2.45) is 0 Å². The number of anilines is 2. The van der Waals surface area contributed by atoms with E-state index < -0.39 is 40.5 Å². The molecule has 4 aliphatic rings. The number of halogens is 2. The van der Waals surface area contributed by atoms with Crippen molar-refractivity contribution < 1.29 is 23.8 Å². The van der Waals surface area contributed by atoms with Crippen LogP contribution in [0.4, 0.5) is 20.2 Å². The summed E-state index contributed by atoms with van der Waals surface area (Å²) >= 11 is 0. The van der Waals surface area contributed by atoms with Gasteiger partial charge in [-0.3, -0.25) is 4.79 Å². The number of hydrogen-bond donors (Lipinski definition) is 2. The molecule has 328 valence electrons. The minimum Gasteiger partial charge on any atom is -0.388 e. The molecule has 0 saturated carbocycles. The standard InChI is InChI=1S/C55H56F2N4O3/c1-52(2,3)41-13-9-7-11-37(41)33-15-17-43-39(23-33)47(62)27-54(43)19-21-60(31-54)45-25-35(56)29-58-49(45)51(64)50-46(26-36(57)30-59-50)61-22-20-55(32-61)28-48(63)40-24-34(16-18-44(40)55)38-12-8-10-14-42(38)53(4,5)6/h7-18,23-26,29-30,47-48,62-63H,19-22,27-28,31-32H2,1-6H3. The summed E-state index contributed by atoms with van der Waals surface area (Å²) in [7, 11) is 0. The molecule has 0 radical (unpaired) electrons. The quantitative estimate of drug-likeness (QED) is 0.161. The second kappa shape index (κ2) is 15.2. The number of carbonyl (C=O) groups is 1. The fraction of sp³-hybridized carbons (Fsp3) is 0.364. The van der Waals surface area contributed by atoms with E-state index in [1.165, 1.54) is 23.3 Å².